The van der Waals surface area contributed by atoms with E-state index in [2.05, 4.69) is 20.1 Å². The van der Waals surface area contributed by atoms with E-state index < -0.39 is 15.6 Å². The van der Waals surface area contributed by atoms with Crippen LogP contribution in [0.2, 0.25) is 0 Å². The Morgan fingerprint density at radius 3 is 2.16 bits per heavy atom. The maximum Gasteiger partial charge on any atom is 0.534 e. The van der Waals surface area contributed by atoms with Crippen LogP contribution in [0.5, 0.6) is 0 Å². The van der Waals surface area contributed by atoms with Gasteiger partial charge in [0.15, 0.2) is 5.76 Å². The fourth-order valence-corrected chi connectivity index (χ4v) is 3.74. The minimum absolute atomic E-state index is 0.272. The molecule has 3 rings (SSSR count). The summed E-state index contributed by atoms with van der Waals surface area (Å²) in [4.78, 5) is 0. The van der Waals surface area contributed by atoms with Crippen LogP contribution in [0.15, 0.2) is 53.0 Å². The molecule has 0 radical (unpaired) electrons. The molecule has 0 aliphatic heterocycles. The summed E-state index contributed by atoms with van der Waals surface area (Å²) in [6.07, 6.45) is 0.939. The minimum Gasteiger partial charge on any atom is -0.375 e. The predicted octanol–water partition coefficient (Wildman–Crippen LogP) is 5.13. The molecule has 1 aliphatic carbocycles. The van der Waals surface area contributed by atoms with Crippen molar-refractivity contribution in [3.63, 3.8) is 0 Å². The van der Waals surface area contributed by atoms with Crippen molar-refractivity contribution in [2.75, 3.05) is 0 Å². The molecule has 0 spiro atoms. The molecule has 2 aromatic carbocycles. The summed E-state index contributed by atoms with van der Waals surface area (Å²) in [5, 5.41) is 0. The second-order valence-electron chi connectivity index (χ2n) is 5.43. The van der Waals surface area contributed by atoms with Gasteiger partial charge in [0.2, 0.25) is 0 Å². The average molecular weight is 433 g/mol. The van der Waals surface area contributed by atoms with Crippen molar-refractivity contribution < 1.29 is 25.8 Å². The molecule has 0 unspecified atom stereocenters. The molecule has 0 saturated heterocycles. The van der Waals surface area contributed by atoms with Gasteiger partial charge in [-0.15, -0.1) is 0 Å². The molecule has 132 valence electrons. The summed E-state index contributed by atoms with van der Waals surface area (Å²) in [6.45, 7) is 0. The van der Waals surface area contributed by atoms with Gasteiger partial charge in [-0.25, -0.2) is 0 Å². The number of fused-ring (bicyclic) bond motifs is 1. The van der Waals surface area contributed by atoms with Gasteiger partial charge in [0.25, 0.3) is 0 Å². The summed E-state index contributed by atoms with van der Waals surface area (Å²) >= 11 is 3.36. The van der Waals surface area contributed by atoms with Crippen molar-refractivity contribution in [3.8, 4) is 0 Å². The van der Waals surface area contributed by atoms with Crippen LogP contribution in [0.25, 0.3) is 11.3 Å². The van der Waals surface area contributed by atoms with E-state index in [1.54, 1.807) is 48.5 Å². The zero-order chi connectivity index (χ0) is 18.2. The Morgan fingerprint density at radius 2 is 1.52 bits per heavy atom. The van der Waals surface area contributed by atoms with Crippen molar-refractivity contribution in [3.05, 3.63) is 69.7 Å². The minimum atomic E-state index is -5.77. The molecule has 1 aliphatic rings. The lowest BCUT2D eigenvalue weighted by molar-refractivity contribution is -0.0509. The number of alkyl halides is 3. The lowest BCUT2D eigenvalue weighted by Gasteiger charge is -2.24. The smallest absolute Gasteiger partial charge is 0.375 e. The quantitative estimate of drug-likeness (QED) is 0.498. The maximum absolute atomic E-state index is 12.8. The van der Waals surface area contributed by atoms with E-state index in [-0.39, 0.29) is 5.76 Å². The summed E-state index contributed by atoms with van der Waals surface area (Å²) in [6, 6.07) is 13.6. The third-order valence-electron chi connectivity index (χ3n) is 3.86. The SMILES string of the molecule is O=S(=O)(OC1=C(c2ccccc2Br)CCc2ccccc21)C(F)(F)F. The van der Waals surface area contributed by atoms with E-state index in [0.29, 0.717) is 34.0 Å². The van der Waals surface area contributed by atoms with Gasteiger partial charge in [-0.05, 0) is 30.0 Å². The van der Waals surface area contributed by atoms with E-state index in [0.717, 1.165) is 5.56 Å². The molecule has 0 bridgehead atoms. The molecule has 0 saturated carbocycles. The summed E-state index contributed by atoms with van der Waals surface area (Å²) in [5.41, 5.74) is -3.38. The molecule has 0 heterocycles. The average Bonchev–Trinajstić information content (AvgIpc) is 2.55. The number of allylic oxidation sites excluding steroid dienone is 1. The van der Waals surface area contributed by atoms with Crippen molar-refractivity contribution in [2.45, 2.75) is 18.3 Å². The number of aryl methyl sites for hydroxylation is 1. The summed E-state index contributed by atoms with van der Waals surface area (Å²) in [5.74, 6) is -0.272. The van der Waals surface area contributed by atoms with Gasteiger partial charge in [0, 0.05) is 15.6 Å². The van der Waals surface area contributed by atoms with E-state index in [9.17, 15) is 21.6 Å². The zero-order valence-electron chi connectivity index (χ0n) is 12.7. The van der Waals surface area contributed by atoms with Gasteiger partial charge in [0.1, 0.15) is 0 Å². The third-order valence-corrected chi connectivity index (χ3v) is 5.50. The van der Waals surface area contributed by atoms with Crippen LogP contribution in [0.3, 0.4) is 0 Å². The van der Waals surface area contributed by atoms with Crippen LogP contribution in [0, 0.1) is 0 Å². The number of halogens is 4. The lowest BCUT2D eigenvalue weighted by Crippen LogP contribution is -2.26. The van der Waals surface area contributed by atoms with Gasteiger partial charge in [-0.1, -0.05) is 58.4 Å². The Hall–Kier alpha value is -1.80. The van der Waals surface area contributed by atoms with Crippen molar-refractivity contribution in [2.24, 2.45) is 0 Å². The molecule has 0 fully saturated rings. The van der Waals surface area contributed by atoms with E-state index in [1.165, 1.54) is 0 Å². The standard InChI is InChI=1S/C17H12BrF3O3S/c18-15-8-4-3-7-13(15)14-10-9-11-5-1-2-6-12(11)16(14)24-25(22,23)17(19,20)21/h1-8H,9-10H2. The van der Waals surface area contributed by atoms with Gasteiger partial charge >= 0.3 is 15.6 Å². The molecule has 25 heavy (non-hydrogen) atoms. The first-order chi connectivity index (χ1) is 11.7. The van der Waals surface area contributed by atoms with Crippen molar-refractivity contribution in [1.29, 1.82) is 0 Å². The van der Waals surface area contributed by atoms with Crippen LogP contribution in [-0.4, -0.2) is 13.9 Å². The number of benzene rings is 2. The van der Waals surface area contributed by atoms with Crippen molar-refractivity contribution >= 4 is 37.4 Å². The third kappa shape index (κ3) is 3.46. The first kappa shape index (κ1) is 18.0. The number of rotatable bonds is 3. The maximum atomic E-state index is 12.8. The van der Waals surface area contributed by atoms with E-state index >= 15 is 0 Å². The fourth-order valence-electron chi connectivity index (χ4n) is 2.71. The summed E-state index contributed by atoms with van der Waals surface area (Å²) < 4.78 is 66.9. The van der Waals surface area contributed by atoms with E-state index in [1.807, 2.05) is 0 Å². The normalized spacial score (nSPS) is 15.0. The molecule has 3 nitrogen and oxygen atoms in total. The highest BCUT2D eigenvalue weighted by Gasteiger charge is 2.49. The highest BCUT2D eigenvalue weighted by molar-refractivity contribution is 9.10. The Bertz CT molecular complexity index is 950. The second-order valence-corrected chi connectivity index (χ2v) is 7.82. The molecule has 0 aromatic heterocycles. The largest absolute Gasteiger partial charge is 0.534 e. The molecular weight excluding hydrogens is 421 g/mol. The molecule has 2 aromatic rings. The molecule has 0 atom stereocenters. The Morgan fingerprint density at radius 1 is 0.920 bits per heavy atom. The second kappa shape index (κ2) is 6.49. The van der Waals surface area contributed by atoms with Crippen LogP contribution in [0.4, 0.5) is 13.2 Å². The first-order valence-electron chi connectivity index (χ1n) is 7.28. The zero-order valence-corrected chi connectivity index (χ0v) is 15.1. The molecule has 8 heteroatoms. The topological polar surface area (TPSA) is 43.4 Å². The monoisotopic (exact) mass is 432 g/mol. The fraction of sp³-hybridized carbons (Fsp3) is 0.176. The summed E-state index contributed by atoms with van der Waals surface area (Å²) in [7, 11) is -5.77. The Kier molecular flexibility index (Phi) is 4.68. The molecule has 0 amide bonds. The Labute approximate surface area is 151 Å². The van der Waals surface area contributed by atoms with Gasteiger partial charge < -0.3 is 4.18 Å². The first-order valence-corrected chi connectivity index (χ1v) is 9.48. The highest BCUT2D eigenvalue weighted by Crippen LogP contribution is 2.42. The predicted molar refractivity (Wildman–Crippen MR) is 91.8 cm³/mol. The van der Waals surface area contributed by atoms with Crippen LogP contribution in [0.1, 0.15) is 23.1 Å². The van der Waals surface area contributed by atoms with Crippen LogP contribution >= 0.6 is 15.9 Å². The van der Waals surface area contributed by atoms with Gasteiger partial charge in [-0.2, -0.15) is 21.6 Å². The molecular formula is C17H12BrF3O3S. The lowest BCUT2D eigenvalue weighted by atomic mass is 9.87. The molecule has 0 N–H and O–H groups in total. The van der Waals surface area contributed by atoms with Crippen LogP contribution < -0.4 is 0 Å². The van der Waals surface area contributed by atoms with E-state index in [4.69, 9.17) is 0 Å². The number of hydrogen-bond donors (Lipinski definition) is 0. The van der Waals surface area contributed by atoms with Crippen molar-refractivity contribution in [1.82, 2.24) is 0 Å². The van der Waals surface area contributed by atoms with Gasteiger partial charge in [-0.3, -0.25) is 0 Å². The van der Waals surface area contributed by atoms with Crippen LogP contribution in [-0.2, 0) is 20.7 Å². The van der Waals surface area contributed by atoms with Gasteiger partial charge in [0.05, 0.1) is 0 Å². The highest BCUT2D eigenvalue weighted by atomic mass is 79.9. The Balaban J connectivity index is 2.23. The number of hydrogen-bond acceptors (Lipinski definition) is 3.